The van der Waals surface area contributed by atoms with Crippen molar-refractivity contribution in [3.8, 4) is 0 Å². The van der Waals surface area contributed by atoms with E-state index in [-0.39, 0.29) is 5.69 Å². The number of nitro benzene ring substituents is 1. The van der Waals surface area contributed by atoms with Crippen LogP contribution in [0.3, 0.4) is 0 Å². The fourth-order valence-electron chi connectivity index (χ4n) is 2.03. The van der Waals surface area contributed by atoms with E-state index >= 15 is 0 Å². The first-order valence-electron chi connectivity index (χ1n) is 7.30. The minimum atomic E-state index is -1.14. The lowest BCUT2D eigenvalue weighted by molar-refractivity contribution is -0.387. The Morgan fingerprint density at radius 3 is 2.60 bits per heavy atom. The molecular formula is C17H15FN2O5. The number of hydrogen-bond acceptors (Lipinski definition) is 5. The lowest BCUT2D eigenvalue weighted by Gasteiger charge is -2.13. The maximum atomic E-state index is 13.3. The van der Waals surface area contributed by atoms with Gasteiger partial charge >= 0.3 is 11.7 Å². The predicted octanol–water partition coefficient (Wildman–Crippen LogP) is 3.23. The number of esters is 1. The Hall–Kier alpha value is -3.29. The Morgan fingerprint density at radius 1 is 1.24 bits per heavy atom. The summed E-state index contributed by atoms with van der Waals surface area (Å²) in [4.78, 5) is 33.9. The molecular weight excluding hydrogens is 331 g/mol. The molecule has 8 heteroatoms. The van der Waals surface area contributed by atoms with Gasteiger partial charge in [-0.1, -0.05) is 17.7 Å². The first-order chi connectivity index (χ1) is 11.8. The van der Waals surface area contributed by atoms with E-state index in [0.717, 1.165) is 17.7 Å². The van der Waals surface area contributed by atoms with Crippen LogP contribution < -0.4 is 5.32 Å². The van der Waals surface area contributed by atoms with E-state index in [0.29, 0.717) is 5.56 Å². The number of carbonyl (C=O) groups excluding carboxylic acids is 2. The van der Waals surface area contributed by atoms with E-state index in [1.807, 2.05) is 13.0 Å². The van der Waals surface area contributed by atoms with Crippen LogP contribution in [0.1, 0.15) is 22.8 Å². The molecule has 0 radical (unpaired) electrons. The summed E-state index contributed by atoms with van der Waals surface area (Å²) in [5, 5.41) is 13.1. The molecule has 25 heavy (non-hydrogen) atoms. The molecule has 130 valence electrons. The van der Waals surface area contributed by atoms with Crippen molar-refractivity contribution in [2.45, 2.75) is 20.0 Å². The van der Waals surface area contributed by atoms with Gasteiger partial charge in [-0.2, -0.15) is 4.39 Å². The lowest BCUT2D eigenvalue weighted by atomic mass is 10.1. The first kappa shape index (κ1) is 18.1. The summed E-state index contributed by atoms with van der Waals surface area (Å²) in [5.74, 6) is -2.37. The third-order valence-electron chi connectivity index (χ3n) is 3.32. The predicted molar refractivity (Wildman–Crippen MR) is 87.7 cm³/mol. The van der Waals surface area contributed by atoms with E-state index in [1.165, 1.54) is 13.0 Å². The molecule has 0 saturated carbocycles. The SMILES string of the molecule is Cc1cccc(C(=O)O[C@H](C)C(=O)Nc2ccc(F)c([N+](=O)[O-])c2)c1. The van der Waals surface area contributed by atoms with Gasteiger partial charge in [-0.05, 0) is 38.1 Å². The molecule has 0 aliphatic heterocycles. The smallest absolute Gasteiger partial charge is 0.338 e. The summed E-state index contributed by atoms with van der Waals surface area (Å²) in [6, 6.07) is 9.62. The van der Waals surface area contributed by atoms with Crippen LogP contribution in [0.2, 0.25) is 0 Å². The van der Waals surface area contributed by atoms with Crippen LogP contribution in [0.25, 0.3) is 0 Å². The Balaban J connectivity index is 2.04. The van der Waals surface area contributed by atoms with Crippen LogP contribution in [-0.4, -0.2) is 22.9 Å². The fraction of sp³-hybridized carbons (Fsp3) is 0.176. The number of hydrogen-bond donors (Lipinski definition) is 1. The Bertz CT molecular complexity index is 838. The van der Waals surface area contributed by atoms with E-state index < -0.39 is 34.4 Å². The molecule has 1 N–H and O–H groups in total. The summed E-state index contributed by atoms with van der Waals surface area (Å²) in [5.41, 5.74) is 0.431. The zero-order valence-electron chi connectivity index (χ0n) is 13.5. The first-order valence-corrected chi connectivity index (χ1v) is 7.30. The number of halogens is 1. The van der Waals surface area contributed by atoms with Gasteiger partial charge < -0.3 is 10.1 Å². The average Bonchev–Trinajstić information content (AvgIpc) is 2.56. The molecule has 0 fully saturated rings. The molecule has 7 nitrogen and oxygen atoms in total. The second kappa shape index (κ2) is 7.52. The number of ether oxygens (including phenoxy) is 1. The van der Waals surface area contributed by atoms with Crippen molar-refractivity contribution in [1.82, 2.24) is 0 Å². The largest absolute Gasteiger partial charge is 0.449 e. The van der Waals surface area contributed by atoms with Gasteiger partial charge in [0.05, 0.1) is 10.5 Å². The third kappa shape index (κ3) is 4.60. The minimum absolute atomic E-state index is 0.0246. The molecule has 0 aromatic heterocycles. The summed E-state index contributed by atoms with van der Waals surface area (Å²) < 4.78 is 18.4. The number of nitro groups is 1. The number of aryl methyl sites for hydroxylation is 1. The van der Waals surface area contributed by atoms with Crippen molar-refractivity contribution in [2.24, 2.45) is 0 Å². The van der Waals surface area contributed by atoms with Gasteiger partial charge in [0, 0.05) is 11.8 Å². The Morgan fingerprint density at radius 2 is 1.96 bits per heavy atom. The van der Waals surface area contributed by atoms with E-state index in [1.54, 1.807) is 18.2 Å². The highest BCUT2D eigenvalue weighted by molar-refractivity contribution is 5.97. The number of amides is 1. The Labute approximate surface area is 142 Å². The topological polar surface area (TPSA) is 98.5 Å². The molecule has 0 unspecified atom stereocenters. The normalized spacial score (nSPS) is 11.5. The van der Waals surface area contributed by atoms with Gasteiger partial charge in [-0.3, -0.25) is 14.9 Å². The summed E-state index contributed by atoms with van der Waals surface area (Å²) >= 11 is 0. The zero-order chi connectivity index (χ0) is 18.6. The third-order valence-corrected chi connectivity index (χ3v) is 3.32. The average molecular weight is 346 g/mol. The second-order valence-corrected chi connectivity index (χ2v) is 5.33. The van der Waals surface area contributed by atoms with E-state index in [4.69, 9.17) is 4.74 Å². The lowest BCUT2D eigenvalue weighted by Crippen LogP contribution is -2.30. The number of anilines is 1. The summed E-state index contributed by atoms with van der Waals surface area (Å²) in [7, 11) is 0. The van der Waals surface area contributed by atoms with Crippen LogP contribution >= 0.6 is 0 Å². The molecule has 2 rings (SSSR count). The molecule has 0 spiro atoms. The molecule has 0 aliphatic rings. The molecule has 0 aliphatic carbocycles. The van der Waals surface area contributed by atoms with Crippen LogP contribution in [0.5, 0.6) is 0 Å². The Kier molecular flexibility index (Phi) is 5.43. The molecule has 2 aromatic rings. The highest BCUT2D eigenvalue weighted by Crippen LogP contribution is 2.21. The molecule has 0 saturated heterocycles. The van der Waals surface area contributed by atoms with Crippen LogP contribution in [0, 0.1) is 22.9 Å². The van der Waals surface area contributed by atoms with Gasteiger partial charge in [0.2, 0.25) is 5.82 Å². The van der Waals surface area contributed by atoms with Gasteiger partial charge in [-0.25, -0.2) is 4.79 Å². The van der Waals surface area contributed by atoms with Crippen molar-refractivity contribution in [3.63, 3.8) is 0 Å². The highest BCUT2D eigenvalue weighted by Gasteiger charge is 2.21. The number of rotatable bonds is 5. The van der Waals surface area contributed by atoms with Crippen molar-refractivity contribution in [1.29, 1.82) is 0 Å². The molecule has 1 atom stereocenters. The maximum Gasteiger partial charge on any atom is 0.338 e. The zero-order valence-corrected chi connectivity index (χ0v) is 13.5. The molecule has 0 heterocycles. The summed E-state index contributed by atoms with van der Waals surface area (Å²) in [6.07, 6.45) is -1.14. The van der Waals surface area contributed by atoms with Crippen LogP contribution in [-0.2, 0) is 9.53 Å². The van der Waals surface area contributed by atoms with Crippen molar-refractivity contribution >= 4 is 23.3 Å². The quantitative estimate of drug-likeness (QED) is 0.509. The summed E-state index contributed by atoms with van der Waals surface area (Å²) in [6.45, 7) is 3.18. The minimum Gasteiger partial charge on any atom is -0.449 e. The van der Waals surface area contributed by atoms with Crippen molar-refractivity contribution in [3.05, 3.63) is 69.5 Å². The molecule has 2 aromatic carbocycles. The van der Waals surface area contributed by atoms with Gasteiger partial charge in [0.15, 0.2) is 6.10 Å². The number of nitrogens with zero attached hydrogens (tertiary/aromatic N) is 1. The van der Waals surface area contributed by atoms with Gasteiger partial charge in [0.1, 0.15) is 0 Å². The standard InChI is InChI=1S/C17H15FN2O5/c1-10-4-3-5-12(8-10)17(22)25-11(2)16(21)19-13-6-7-14(18)15(9-13)20(23)24/h3-9,11H,1-2H3,(H,19,21)/t11-/m1/s1. The van der Waals surface area contributed by atoms with Crippen LogP contribution in [0.4, 0.5) is 15.8 Å². The number of benzene rings is 2. The van der Waals surface area contributed by atoms with Crippen molar-refractivity contribution < 1.29 is 23.6 Å². The van der Waals surface area contributed by atoms with Crippen LogP contribution in [0.15, 0.2) is 42.5 Å². The monoisotopic (exact) mass is 346 g/mol. The fourth-order valence-corrected chi connectivity index (χ4v) is 2.03. The number of nitrogens with one attached hydrogen (secondary N) is 1. The molecule has 1 amide bonds. The number of carbonyl (C=O) groups is 2. The van der Waals surface area contributed by atoms with Gasteiger partial charge in [0.25, 0.3) is 5.91 Å². The van der Waals surface area contributed by atoms with Crippen molar-refractivity contribution in [2.75, 3.05) is 5.32 Å². The highest BCUT2D eigenvalue weighted by atomic mass is 19.1. The van der Waals surface area contributed by atoms with E-state index in [9.17, 15) is 24.1 Å². The second-order valence-electron chi connectivity index (χ2n) is 5.33. The molecule has 0 bridgehead atoms. The maximum absolute atomic E-state index is 13.3. The van der Waals surface area contributed by atoms with E-state index in [2.05, 4.69) is 5.32 Å². The van der Waals surface area contributed by atoms with Gasteiger partial charge in [-0.15, -0.1) is 0 Å².